The molecule has 1 fully saturated rings. The molecule has 1 aromatic rings. The van der Waals surface area contributed by atoms with Crippen LogP contribution in [0.3, 0.4) is 0 Å². The van der Waals surface area contributed by atoms with E-state index in [1.54, 1.807) is 4.90 Å². The summed E-state index contributed by atoms with van der Waals surface area (Å²) in [5.74, 6) is -0.852. The predicted molar refractivity (Wildman–Crippen MR) is 60.8 cm³/mol. The third-order valence-corrected chi connectivity index (χ3v) is 2.78. The minimum absolute atomic E-state index is 0.102. The topological polar surface area (TPSA) is 68.5 Å². The molecule has 0 aliphatic carbocycles. The molecule has 104 valence electrons. The number of amides is 1. The minimum Gasteiger partial charge on any atom is -0.378 e. The van der Waals surface area contributed by atoms with Crippen LogP contribution in [0.1, 0.15) is 16.1 Å². The summed E-state index contributed by atoms with van der Waals surface area (Å²) in [6, 6.07) is 0.901. The van der Waals surface area contributed by atoms with Crippen molar-refractivity contribution >= 4 is 11.6 Å². The Morgan fingerprint density at radius 3 is 2.53 bits per heavy atom. The summed E-state index contributed by atoms with van der Waals surface area (Å²) < 4.78 is 43.1. The first-order valence-corrected chi connectivity index (χ1v) is 5.59. The van der Waals surface area contributed by atoms with Gasteiger partial charge in [-0.3, -0.25) is 4.79 Å². The van der Waals surface area contributed by atoms with Crippen LogP contribution in [0, 0.1) is 0 Å². The van der Waals surface area contributed by atoms with Crippen LogP contribution in [0.4, 0.5) is 18.9 Å². The monoisotopic (exact) mass is 275 g/mol. The van der Waals surface area contributed by atoms with Gasteiger partial charge in [0, 0.05) is 19.3 Å². The minimum atomic E-state index is -4.51. The SMILES string of the molecule is NC(=O)c1ncc(C(F)(F)F)cc1N1CCOCC1. The van der Waals surface area contributed by atoms with E-state index < -0.39 is 17.6 Å². The van der Waals surface area contributed by atoms with Gasteiger partial charge in [0.05, 0.1) is 24.5 Å². The highest BCUT2D eigenvalue weighted by Crippen LogP contribution is 2.32. The van der Waals surface area contributed by atoms with E-state index in [0.717, 1.165) is 6.07 Å². The molecule has 0 bridgehead atoms. The first-order chi connectivity index (χ1) is 8.89. The first kappa shape index (κ1) is 13.6. The van der Waals surface area contributed by atoms with Gasteiger partial charge in [-0.2, -0.15) is 13.2 Å². The first-order valence-electron chi connectivity index (χ1n) is 5.59. The maximum Gasteiger partial charge on any atom is 0.417 e. The summed E-state index contributed by atoms with van der Waals surface area (Å²) in [6.45, 7) is 1.55. The van der Waals surface area contributed by atoms with E-state index in [9.17, 15) is 18.0 Å². The van der Waals surface area contributed by atoms with E-state index in [0.29, 0.717) is 32.5 Å². The summed E-state index contributed by atoms with van der Waals surface area (Å²) in [5.41, 5.74) is 4.18. The zero-order valence-electron chi connectivity index (χ0n) is 9.91. The Kier molecular flexibility index (Phi) is 3.61. The number of hydrogen-bond donors (Lipinski definition) is 1. The third-order valence-electron chi connectivity index (χ3n) is 2.78. The van der Waals surface area contributed by atoms with Crippen molar-refractivity contribution in [3.63, 3.8) is 0 Å². The molecule has 0 aromatic carbocycles. The fraction of sp³-hybridized carbons (Fsp3) is 0.455. The summed E-state index contributed by atoms with van der Waals surface area (Å²) in [7, 11) is 0. The van der Waals surface area contributed by atoms with Crippen molar-refractivity contribution in [2.24, 2.45) is 5.73 Å². The number of nitrogens with two attached hydrogens (primary N) is 1. The molecular formula is C11H12F3N3O2. The number of morpholine rings is 1. The van der Waals surface area contributed by atoms with E-state index in [2.05, 4.69) is 4.98 Å². The molecule has 1 aliphatic rings. The van der Waals surface area contributed by atoms with Crippen LogP contribution in [0.15, 0.2) is 12.3 Å². The number of carbonyl (C=O) groups excluding carboxylic acids is 1. The lowest BCUT2D eigenvalue weighted by Crippen LogP contribution is -2.38. The van der Waals surface area contributed by atoms with Crippen molar-refractivity contribution in [2.75, 3.05) is 31.2 Å². The lowest BCUT2D eigenvalue weighted by atomic mass is 10.1. The van der Waals surface area contributed by atoms with Gasteiger partial charge >= 0.3 is 6.18 Å². The Bertz CT molecular complexity index is 485. The lowest BCUT2D eigenvalue weighted by molar-refractivity contribution is -0.137. The van der Waals surface area contributed by atoms with E-state index in [1.807, 2.05) is 0 Å². The molecule has 1 amide bonds. The van der Waals surface area contributed by atoms with E-state index >= 15 is 0 Å². The maximum atomic E-state index is 12.7. The van der Waals surface area contributed by atoms with Crippen LogP contribution in [0.25, 0.3) is 0 Å². The van der Waals surface area contributed by atoms with Crippen molar-refractivity contribution in [1.82, 2.24) is 4.98 Å². The number of halogens is 3. The zero-order valence-corrected chi connectivity index (χ0v) is 9.91. The predicted octanol–water partition coefficient (Wildman–Crippen LogP) is 1.04. The molecular weight excluding hydrogens is 263 g/mol. The molecule has 8 heteroatoms. The highest BCUT2D eigenvalue weighted by Gasteiger charge is 2.33. The number of primary amides is 1. The summed E-state index contributed by atoms with van der Waals surface area (Å²) >= 11 is 0. The molecule has 19 heavy (non-hydrogen) atoms. The van der Waals surface area contributed by atoms with Crippen molar-refractivity contribution in [3.05, 3.63) is 23.5 Å². The van der Waals surface area contributed by atoms with Crippen LogP contribution in [0.2, 0.25) is 0 Å². The zero-order chi connectivity index (χ0) is 14.0. The van der Waals surface area contributed by atoms with Crippen LogP contribution in [-0.4, -0.2) is 37.2 Å². The molecule has 1 aliphatic heterocycles. The van der Waals surface area contributed by atoms with Gasteiger partial charge in [0.1, 0.15) is 0 Å². The van der Waals surface area contributed by atoms with Crippen molar-refractivity contribution in [1.29, 1.82) is 0 Å². The fourth-order valence-corrected chi connectivity index (χ4v) is 1.84. The van der Waals surface area contributed by atoms with Gasteiger partial charge in [0.15, 0.2) is 5.69 Å². The molecule has 1 aromatic heterocycles. The van der Waals surface area contributed by atoms with Gasteiger partial charge in [-0.05, 0) is 6.07 Å². The number of anilines is 1. The van der Waals surface area contributed by atoms with E-state index in [4.69, 9.17) is 10.5 Å². The molecule has 0 spiro atoms. The Balaban J connectivity index is 2.44. The summed E-state index contributed by atoms with van der Waals surface area (Å²) in [5, 5.41) is 0. The Morgan fingerprint density at radius 1 is 1.37 bits per heavy atom. The van der Waals surface area contributed by atoms with Gasteiger partial charge < -0.3 is 15.4 Å². The lowest BCUT2D eigenvalue weighted by Gasteiger charge is -2.30. The molecule has 2 heterocycles. The van der Waals surface area contributed by atoms with Crippen molar-refractivity contribution in [3.8, 4) is 0 Å². The number of pyridine rings is 1. The normalized spacial score (nSPS) is 16.5. The standard InChI is InChI=1S/C11H12F3N3O2/c12-11(13,14)7-5-8(9(10(15)18)16-6-7)17-1-3-19-4-2-17/h5-6H,1-4H2,(H2,15,18). The smallest absolute Gasteiger partial charge is 0.378 e. The third kappa shape index (κ3) is 2.95. The molecule has 2 N–H and O–H groups in total. The molecule has 5 nitrogen and oxygen atoms in total. The van der Waals surface area contributed by atoms with Crippen LogP contribution in [0.5, 0.6) is 0 Å². The molecule has 0 radical (unpaired) electrons. The summed E-state index contributed by atoms with van der Waals surface area (Å²) in [6.07, 6.45) is -3.89. The second-order valence-electron chi connectivity index (χ2n) is 4.05. The van der Waals surface area contributed by atoms with E-state index in [1.165, 1.54) is 0 Å². The molecule has 0 atom stereocenters. The van der Waals surface area contributed by atoms with Gasteiger partial charge in [-0.25, -0.2) is 4.98 Å². The highest BCUT2D eigenvalue weighted by atomic mass is 19.4. The highest BCUT2D eigenvalue weighted by molar-refractivity contribution is 5.96. The molecule has 2 rings (SSSR count). The number of aromatic nitrogens is 1. The average Bonchev–Trinajstić information content (AvgIpc) is 2.38. The van der Waals surface area contributed by atoms with Gasteiger partial charge in [0.25, 0.3) is 5.91 Å². The maximum absolute atomic E-state index is 12.7. The average molecular weight is 275 g/mol. The summed E-state index contributed by atoms with van der Waals surface area (Å²) in [4.78, 5) is 16.4. The second kappa shape index (κ2) is 5.04. The van der Waals surface area contributed by atoms with E-state index in [-0.39, 0.29) is 11.4 Å². The molecule has 0 saturated carbocycles. The molecule has 0 unspecified atom stereocenters. The Labute approximate surface area is 107 Å². The number of carbonyl (C=O) groups is 1. The van der Waals surface area contributed by atoms with Gasteiger partial charge in [0.2, 0.25) is 0 Å². The number of ether oxygens (including phenoxy) is 1. The fourth-order valence-electron chi connectivity index (χ4n) is 1.84. The van der Waals surface area contributed by atoms with Gasteiger partial charge in [-0.15, -0.1) is 0 Å². The number of hydrogen-bond acceptors (Lipinski definition) is 4. The molecule has 1 saturated heterocycles. The van der Waals surface area contributed by atoms with Gasteiger partial charge in [-0.1, -0.05) is 0 Å². The van der Waals surface area contributed by atoms with Crippen LogP contribution >= 0.6 is 0 Å². The number of nitrogens with zero attached hydrogens (tertiary/aromatic N) is 2. The largest absolute Gasteiger partial charge is 0.417 e. The quantitative estimate of drug-likeness (QED) is 0.875. The van der Waals surface area contributed by atoms with Crippen molar-refractivity contribution in [2.45, 2.75) is 6.18 Å². The second-order valence-corrected chi connectivity index (χ2v) is 4.05. The van der Waals surface area contributed by atoms with Crippen LogP contribution in [-0.2, 0) is 10.9 Å². The van der Waals surface area contributed by atoms with Crippen LogP contribution < -0.4 is 10.6 Å². The Hall–Kier alpha value is -1.83. The number of alkyl halides is 3. The van der Waals surface area contributed by atoms with Crippen molar-refractivity contribution < 1.29 is 22.7 Å². The number of rotatable bonds is 2. The Morgan fingerprint density at radius 2 is 2.00 bits per heavy atom.